The first kappa shape index (κ1) is 49.4. The highest BCUT2D eigenvalue weighted by Gasteiger charge is 2.44. The lowest BCUT2D eigenvalue weighted by Gasteiger charge is -2.36. The number of nitrogens with zero attached hydrogens (tertiary/aromatic N) is 10. The number of pyridine rings is 1. The van der Waals surface area contributed by atoms with Crippen molar-refractivity contribution >= 4 is 23.3 Å². The van der Waals surface area contributed by atoms with Crippen molar-refractivity contribution in [3.8, 4) is 51.1 Å². The van der Waals surface area contributed by atoms with Gasteiger partial charge in [0.1, 0.15) is 24.3 Å². The lowest BCUT2D eigenvalue weighted by atomic mass is 9.80. The number of aryl methyl sites for hydroxylation is 1. The number of aromatic nitrogens is 7. The number of amides is 2. The predicted octanol–water partition coefficient (Wildman–Crippen LogP) is 9.35. The van der Waals surface area contributed by atoms with Gasteiger partial charge >= 0.3 is 6.18 Å². The Labute approximate surface area is 439 Å². The van der Waals surface area contributed by atoms with Gasteiger partial charge in [0.05, 0.1) is 35.9 Å². The molecule has 2 amide bonds. The molecule has 3 N–H and O–H groups in total. The molecule has 0 radical (unpaired) electrons. The summed E-state index contributed by atoms with van der Waals surface area (Å²) >= 11 is 0. The number of fused-ring (bicyclic) bond motifs is 2. The maximum Gasteiger partial charge on any atom is 0.416 e. The maximum absolute atomic E-state index is 15.4. The average molecular weight is 1040 g/mol. The first-order chi connectivity index (χ1) is 37.1. The molecular weight excluding hydrogens is 989 g/mol. The Kier molecular flexibility index (Phi) is 12.4. The molecule has 3 aromatic heterocycles. The van der Waals surface area contributed by atoms with Gasteiger partial charge in [0, 0.05) is 72.8 Å². The van der Waals surface area contributed by atoms with Crippen LogP contribution in [0.3, 0.4) is 0 Å². The van der Waals surface area contributed by atoms with Crippen molar-refractivity contribution in [2.75, 3.05) is 23.4 Å². The summed E-state index contributed by atoms with van der Waals surface area (Å²) in [5.74, 6) is -0.416. The van der Waals surface area contributed by atoms with Gasteiger partial charge in [0.15, 0.2) is 11.6 Å². The number of hydrogen-bond donors (Lipinski definition) is 3. The van der Waals surface area contributed by atoms with E-state index in [0.717, 1.165) is 42.0 Å². The zero-order valence-corrected chi connectivity index (χ0v) is 41.9. The number of aliphatic hydroxyl groups is 1. The van der Waals surface area contributed by atoms with Crippen LogP contribution in [0.25, 0.3) is 45.0 Å². The number of carbonyl (C=O) groups is 2. The molecule has 0 spiro atoms. The molecule has 8 aromatic rings. The Balaban J connectivity index is 0.844. The van der Waals surface area contributed by atoms with E-state index in [1.807, 2.05) is 53.1 Å². The minimum absolute atomic E-state index is 0.0423. The molecule has 19 heteroatoms. The second kappa shape index (κ2) is 19.3. The number of hydrogen-bond acceptors (Lipinski definition) is 11. The highest BCUT2D eigenvalue weighted by Crippen LogP contribution is 2.51. The number of halogens is 4. The Morgan fingerprint density at radius 1 is 0.779 bits per heavy atom. The van der Waals surface area contributed by atoms with Crippen LogP contribution < -0.4 is 20.4 Å². The molecule has 77 heavy (non-hydrogen) atoms. The molecule has 2 unspecified atom stereocenters. The first-order valence-corrected chi connectivity index (χ1v) is 25.4. The fourth-order valence-electron chi connectivity index (χ4n) is 11.1. The summed E-state index contributed by atoms with van der Waals surface area (Å²) in [5, 5.41) is 43.9. The highest BCUT2D eigenvalue weighted by molar-refractivity contribution is 6.11. The van der Waals surface area contributed by atoms with Crippen molar-refractivity contribution < 1.29 is 32.3 Å². The van der Waals surface area contributed by atoms with Crippen molar-refractivity contribution in [3.05, 3.63) is 172 Å². The Morgan fingerprint density at radius 3 is 2.31 bits per heavy atom. The molecule has 0 saturated heterocycles. The molecule has 2 atom stereocenters. The van der Waals surface area contributed by atoms with Crippen molar-refractivity contribution in [2.45, 2.75) is 76.1 Å². The normalized spacial score (nSPS) is 17.4. The van der Waals surface area contributed by atoms with E-state index in [0.29, 0.717) is 100 Å². The smallest absolute Gasteiger partial charge is 0.389 e. The summed E-state index contributed by atoms with van der Waals surface area (Å²) in [5.41, 5.74) is 6.44. The summed E-state index contributed by atoms with van der Waals surface area (Å²) in [6.45, 7) is 1.57. The lowest BCUT2D eigenvalue weighted by Crippen LogP contribution is -2.45. The Bertz CT molecular complexity index is 3730. The van der Waals surface area contributed by atoms with Crippen LogP contribution in [0.2, 0.25) is 0 Å². The number of carbonyl (C=O) groups excluding carboxylic acids is 2. The van der Waals surface area contributed by atoms with E-state index in [4.69, 9.17) is 4.98 Å². The highest BCUT2D eigenvalue weighted by atomic mass is 19.4. The quantitative estimate of drug-likeness (QED) is 0.0832. The lowest BCUT2D eigenvalue weighted by molar-refractivity contribution is -0.138. The van der Waals surface area contributed by atoms with E-state index in [1.165, 1.54) is 29.4 Å². The summed E-state index contributed by atoms with van der Waals surface area (Å²) in [7, 11) is 3.40. The van der Waals surface area contributed by atoms with Gasteiger partial charge in [-0.1, -0.05) is 36.4 Å². The fraction of sp³-hybridized carbons (Fsp3) is 0.276. The topological polar surface area (TPSA) is 183 Å². The maximum atomic E-state index is 15.4. The number of nitrogens with one attached hydrogen (secondary N) is 2. The van der Waals surface area contributed by atoms with E-state index in [9.17, 15) is 33.1 Å². The number of rotatable bonds is 15. The Hall–Kier alpha value is -8.44. The molecule has 15 nitrogen and oxygen atoms in total. The van der Waals surface area contributed by atoms with E-state index in [-0.39, 0.29) is 47.8 Å². The molecular formula is C58H50F4N12O3. The molecule has 12 rings (SSSR count). The van der Waals surface area contributed by atoms with Gasteiger partial charge in [-0.25, -0.2) is 9.37 Å². The second-order valence-corrected chi connectivity index (χ2v) is 20.6. The standard InChI is InChI=1S/C58H50F4N12O3/c1-64-25-35-17-48-49(50(18-35)58(60,61)62)29-74(56(48)76)52-22-38(43-11-8-33(24-63)15-46(43)53-69-66-31-71(53)2)21-51(68-52)44-20-39(44)27-72-32-67-70-54(72)47-23-40(59)10-12-42(47)36-5-3-6-41(19-36)73-28-37-9-7-34(16-45(37)55(73)75)26-65-30-57(77)13-4-14-57/h3,5-12,15-19,21-23,31-32,39,44,64-65,77H,4,13-14,20,25-30H2,1-2H3. The SMILES string of the molecule is CNCc1cc2c(c(C(F)(F)F)c1)CN(c1cc(-c3ccc(C#N)cc3-c3nncn3C)cc(C3CC3Cn3cnnc3-c3cc(F)ccc3-c3cccc(N4Cc5ccc(CNCC6(O)CCC6)cc5C4=O)c3)n1)C2=O. The predicted molar refractivity (Wildman–Crippen MR) is 278 cm³/mol. The van der Waals surface area contributed by atoms with Crippen molar-refractivity contribution in [2.24, 2.45) is 13.0 Å². The van der Waals surface area contributed by atoms with Crippen molar-refractivity contribution in [1.82, 2.24) is 45.1 Å². The van der Waals surface area contributed by atoms with Gasteiger partial charge < -0.3 is 29.8 Å². The van der Waals surface area contributed by atoms with Crippen LogP contribution in [-0.2, 0) is 45.9 Å². The number of benzene rings is 5. The minimum Gasteiger partial charge on any atom is -0.389 e. The van der Waals surface area contributed by atoms with Crippen LogP contribution in [0.5, 0.6) is 0 Å². The van der Waals surface area contributed by atoms with Crippen LogP contribution >= 0.6 is 0 Å². The second-order valence-electron chi connectivity index (χ2n) is 20.6. The van der Waals surface area contributed by atoms with Crippen LogP contribution in [0.15, 0.2) is 116 Å². The largest absolute Gasteiger partial charge is 0.416 e. The molecule has 0 bridgehead atoms. The van der Waals surface area contributed by atoms with Gasteiger partial charge in [-0.15, -0.1) is 20.4 Å². The molecule has 2 fully saturated rings. The third kappa shape index (κ3) is 9.32. The molecule has 2 aliphatic heterocycles. The number of nitriles is 1. The van der Waals surface area contributed by atoms with Gasteiger partial charge in [-0.05, 0) is 150 Å². The van der Waals surface area contributed by atoms with Gasteiger partial charge in [-0.2, -0.15) is 18.4 Å². The van der Waals surface area contributed by atoms with Gasteiger partial charge in [0.2, 0.25) is 0 Å². The summed E-state index contributed by atoms with van der Waals surface area (Å²) in [4.78, 5) is 36.4. The Morgan fingerprint density at radius 2 is 1.55 bits per heavy atom. The summed E-state index contributed by atoms with van der Waals surface area (Å²) in [6, 6.07) is 31.4. The third-order valence-electron chi connectivity index (χ3n) is 15.4. The fourth-order valence-corrected chi connectivity index (χ4v) is 11.1. The average Bonchev–Trinajstić information content (AvgIpc) is 3.88. The van der Waals surface area contributed by atoms with Crippen LogP contribution in [0.4, 0.5) is 29.1 Å². The number of anilines is 2. The third-order valence-corrected chi connectivity index (χ3v) is 15.4. The van der Waals surface area contributed by atoms with E-state index in [2.05, 4.69) is 37.1 Å². The van der Waals surface area contributed by atoms with Crippen LogP contribution in [0.1, 0.15) is 91.4 Å². The van der Waals surface area contributed by atoms with Crippen LogP contribution in [0, 0.1) is 23.1 Å². The summed E-state index contributed by atoms with van der Waals surface area (Å²) in [6.07, 6.45) is 1.65. The molecule has 4 aliphatic rings. The molecule has 388 valence electrons. The minimum atomic E-state index is -4.72. The molecule has 2 aliphatic carbocycles. The monoisotopic (exact) mass is 1040 g/mol. The molecule has 5 aromatic carbocycles. The van der Waals surface area contributed by atoms with E-state index >= 15 is 4.39 Å². The van der Waals surface area contributed by atoms with E-state index < -0.39 is 29.1 Å². The van der Waals surface area contributed by atoms with Crippen LogP contribution in [-0.4, -0.2) is 70.6 Å². The zero-order chi connectivity index (χ0) is 53.3. The molecule has 5 heterocycles. The zero-order valence-electron chi connectivity index (χ0n) is 41.9. The van der Waals surface area contributed by atoms with Crippen molar-refractivity contribution in [3.63, 3.8) is 0 Å². The summed E-state index contributed by atoms with van der Waals surface area (Å²) < 4.78 is 63.0. The van der Waals surface area contributed by atoms with E-state index in [1.54, 1.807) is 60.2 Å². The van der Waals surface area contributed by atoms with Crippen molar-refractivity contribution in [1.29, 1.82) is 5.26 Å². The number of alkyl halides is 3. The van der Waals surface area contributed by atoms with Gasteiger partial charge in [-0.3, -0.25) is 14.5 Å². The first-order valence-electron chi connectivity index (χ1n) is 25.4. The van der Waals surface area contributed by atoms with Gasteiger partial charge in [0.25, 0.3) is 11.8 Å². The molecule has 2 saturated carbocycles.